The van der Waals surface area contributed by atoms with Crippen molar-refractivity contribution in [3.63, 3.8) is 0 Å². The predicted octanol–water partition coefficient (Wildman–Crippen LogP) is 4.73. The predicted molar refractivity (Wildman–Crippen MR) is 113 cm³/mol. The van der Waals surface area contributed by atoms with Crippen molar-refractivity contribution in [1.82, 2.24) is 9.80 Å². The van der Waals surface area contributed by atoms with Gasteiger partial charge in [0.2, 0.25) is 0 Å². The van der Waals surface area contributed by atoms with E-state index in [1.807, 2.05) is 20.4 Å². The Hall–Kier alpha value is -1.75. The molecule has 0 saturated carbocycles. The number of carbonyl (C=O) groups is 1. The van der Waals surface area contributed by atoms with Crippen LogP contribution in [0.3, 0.4) is 0 Å². The van der Waals surface area contributed by atoms with Crippen molar-refractivity contribution >= 4 is 24.4 Å². The number of aldehydes is 1. The number of fused-ring (bicyclic) bond motifs is 2. The number of aliphatic imine (C=N–C) groups is 1. The highest BCUT2D eigenvalue weighted by Gasteiger charge is 2.25. The second-order valence-corrected chi connectivity index (χ2v) is 8.28. The number of hydrogen-bond acceptors (Lipinski definition) is 4. The van der Waals surface area contributed by atoms with Gasteiger partial charge in [-0.15, -0.1) is 0 Å². The number of likely N-dealkylation sites (N-methyl/N-ethyl adjacent to an activating group) is 1. The first kappa shape index (κ1) is 20.6. The number of nitrogens with zero attached hydrogens (tertiary/aromatic N) is 3. The van der Waals surface area contributed by atoms with Gasteiger partial charge in [-0.25, -0.2) is 4.99 Å². The summed E-state index contributed by atoms with van der Waals surface area (Å²) in [7, 11) is 6.13. The zero-order valence-corrected chi connectivity index (χ0v) is 17.5. The fourth-order valence-corrected chi connectivity index (χ4v) is 4.05. The van der Waals surface area contributed by atoms with Gasteiger partial charge >= 0.3 is 0 Å². The first-order valence-corrected chi connectivity index (χ1v) is 10.2. The number of rotatable bonds is 9. The van der Waals surface area contributed by atoms with E-state index < -0.39 is 0 Å². The van der Waals surface area contributed by atoms with E-state index in [4.69, 9.17) is 4.99 Å². The molecular formula is C21H31N3OS. The third-order valence-electron chi connectivity index (χ3n) is 4.84. The van der Waals surface area contributed by atoms with Gasteiger partial charge in [0.1, 0.15) is 0 Å². The first-order valence-electron chi connectivity index (χ1n) is 9.39. The molecule has 0 fully saturated rings. The van der Waals surface area contributed by atoms with Gasteiger partial charge in [-0.1, -0.05) is 50.1 Å². The number of thioether (sulfide) groups is 1. The molecule has 0 aromatic heterocycles. The molecule has 0 aromatic rings. The molecule has 1 aliphatic heterocycles. The van der Waals surface area contributed by atoms with Crippen molar-refractivity contribution < 1.29 is 4.79 Å². The maximum Gasteiger partial charge on any atom is 0.158 e. The van der Waals surface area contributed by atoms with E-state index in [0.29, 0.717) is 10.9 Å². The summed E-state index contributed by atoms with van der Waals surface area (Å²) in [4.78, 5) is 22.6. The normalized spacial score (nSPS) is 18.1. The first-order chi connectivity index (χ1) is 12.5. The van der Waals surface area contributed by atoms with E-state index in [2.05, 4.69) is 48.9 Å². The van der Waals surface area contributed by atoms with Crippen LogP contribution in [0.15, 0.2) is 50.0 Å². The van der Waals surface area contributed by atoms with Crippen LogP contribution >= 0.6 is 11.8 Å². The molecule has 2 rings (SSSR count). The summed E-state index contributed by atoms with van der Waals surface area (Å²) in [6.45, 7) is 4.45. The lowest BCUT2D eigenvalue weighted by molar-refractivity contribution is -0.104. The van der Waals surface area contributed by atoms with Gasteiger partial charge < -0.3 is 9.80 Å². The van der Waals surface area contributed by atoms with Crippen LogP contribution in [-0.2, 0) is 4.79 Å². The minimum atomic E-state index is 0.439. The zero-order chi connectivity index (χ0) is 19.1. The van der Waals surface area contributed by atoms with Crippen LogP contribution in [0.4, 0.5) is 0 Å². The highest BCUT2D eigenvalue weighted by atomic mass is 32.2. The Morgan fingerprint density at radius 1 is 1.31 bits per heavy atom. The Balaban J connectivity index is 2.28. The molecule has 5 heteroatoms. The minimum absolute atomic E-state index is 0.439. The summed E-state index contributed by atoms with van der Waals surface area (Å²) in [5.74, 6) is 0. The second-order valence-electron chi connectivity index (χ2n) is 7.11. The molecule has 2 bridgehead atoms. The summed E-state index contributed by atoms with van der Waals surface area (Å²) < 4.78 is 0. The van der Waals surface area contributed by atoms with Crippen LogP contribution in [0.25, 0.3) is 0 Å². The summed E-state index contributed by atoms with van der Waals surface area (Å²) >= 11 is 1.54. The highest BCUT2D eigenvalue weighted by Crippen LogP contribution is 2.43. The average molecular weight is 374 g/mol. The van der Waals surface area contributed by atoms with Crippen LogP contribution in [0.2, 0.25) is 0 Å². The fraction of sp³-hybridized carbons (Fsp3) is 0.524. The number of carbonyl (C=O) groups excluding carboxylic acids is 1. The van der Waals surface area contributed by atoms with E-state index in [1.165, 1.54) is 35.9 Å². The Labute approximate surface area is 162 Å². The van der Waals surface area contributed by atoms with E-state index >= 15 is 0 Å². The van der Waals surface area contributed by atoms with E-state index in [1.54, 1.807) is 0 Å². The standard InChI is InChI=1S/C21H31N3OS/c1-6-7-8-10-16(2)24(5)15-22-21-18-13-17(26-20(21)14-25)11-9-12-19(18)23(3)4/h9,11-12,14-16H,6-8,10,13H2,1-5H3. The van der Waals surface area contributed by atoms with Gasteiger partial charge in [0.05, 0.1) is 16.9 Å². The SMILES string of the molecule is CCCCCC(C)N(C)C=NC1=C(C=O)SC2=CC=CC(N(C)C)=C1C2. The van der Waals surface area contributed by atoms with E-state index in [9.17, 15) is 4.79 Å². The summed E-state index contributed by atoms with van der Waals surface area (Å²) in [5, 5.41) is 0. The largest absolute Gasteiger partial charge is 0.377 e. The van der Waals surface area contributed by atoms with Crippen LogP contribution in [-0.4, -0.2) is 49.6 Å². The molecule has 0 amide bonds. The third-order valence-corrected chi connectivity index (χ3v) is 5.89. The smallest absolute Gasteiger partial charge is 0.158 e. The van der Waals surface area contributed by atoms with Gasteiger partial charge in [-0.05, 0) is 24.3 Å². The molecule has 4 nitrogen and oxygen atoms in total. The molecule has 2 aliphatic rings. The van der Waals surface area contributed by atoms with Gasteiger partial charge in [0.15, 0.2) is 6.29 Å². The van der Waals surface area contributed by atoms with Crippen molar-refractivity contribution in [1.29, 1.82) is 0 Å². The Morgan fingerprint density at radius 3 is 2.73 bits per heavy atom. The highest BCUT2D eigenvalue weighted by molar-refractivity contribution is 8.07. The number of allylic oxidation sites excluding steroid dienone is 6. The molecular weight excluding hydrogens is 342 g/mol. The lowest BCUT2D eigenvalue weighted by atomic mass is 10.1. The van der Waals surface area contributed by atoms with Crippen LogP contribution < -0.4 is 0 Å². The summed E-state index contributed by atoms with van der Waals surface area (Å²) in [6.07, 6.45) is 14.8. The van der Waals surface area contributed by atoms with Crippen molar-refractivity contribution in [3.05, 3.63) is 45.0 Å². The minimum Gasteiger partial charge on any atom is -0.377 e. The average Bonchev–Trinajstić information content (AvgIpc) is 2.80. The Bertz CT molecular complexity index is 671. The topological polar surface area (TPSA) is 35.9 Å². The maximum atomic E-state index is 11.7. The van der Waals surface area contributed by atoms with Crippen LogP contribution in [0.1, 0.15) is 46.0 Å². The number of hydrogen-bond donors (Lipinski definition) is 0. The Kier molecular flexibility index (Phi) is 7.76. The summed E-state index contributed by atoms with van der Waals surface area (Å²) in [5.41, 5.74) is 3.05. The molecule has 0 N–H and O–H groups in total. The second kappa shape index (κ2) is 9.81. The Morgan fingerprint density at radius 2 is 2.08 bits per heavy atom. The lowest BCUT2D eigenvalue weighted by Crippen LogP contribution is -2.27. The van der Waals surface area contributed by atoms with Crippen molar-refractivity contribution in [2.45, 2.75) is 52.0 Å². The van der Waals surface area contributed by atoms with Crippen LogP contribution in [0, 0.1) is 0 Å². The molecule has 1 atom stereocenters. The monoisotopic (exact) mass is 373 g/mol. The molecule has 1 unspecified atom stereocenters. The van der Waals surface area contributed by atoms with Gasteiger partial charge in [0, 0.05) is 44.9 Å². The molecule has 0 aromatic carbocycles. The van der Waals surface area contributed by atoms with E-state index in [-0.39, 0.29) is 0 Å². The molecule has 1 aliphatic carbocycles. The van der Waals surface area contributed by atoms with Gasteiger partial charge in [-0.2, -0.15) is 0 Å². The summed E-state index contributed by atoms with van der Waals surface area (Å²) in [6, 6.07) is 0.439. The zero-order valence-electron chi connectivity index (χ0n) is 16.7. The van der Waals surface area contributed by atoms with Gasteiger partial charge in [0.25, 0.3) is 0 Å². The molecule has 0 radical (unpaired) electrons. The lowest BCUT2D eigenvalue weighted by Gasteiger charge is -2.26. The van der Waals surface area contributed by atoms with Crippen molar-refractivity contribution in [2.24, 2.45) is 4.99 Å². The molecule has 0 spiro atoms. The van der Waals surface area contributed by atoms with Crippen molar-refractivity contribution in [2.75, 3.05) is 21.1 Å². The van der Waals surface area contributed by atoms with E-state index in [0.717, 1.165) is 36.1 Å². The third kappa shape index (κ3) is 5.13. The maximum absolute atomic E-state index is 11.7. The number of unbranched alkanes of at least 4 members (excludes halogenated alkanes) is 2. The molecule has 26 heavy (non-hydrogen) atoms. The quantitative estimate of drug-likeness (QED) is 0.253. The molecule has 1 heterocycles. The van der Waals surface area contributed by atoms with Gasteiger partial charge in [-0.3, -0.25) is 4.79 Å². The molecule has 142 valence electrons. The molecule has 0 saturated heterocycles. The van der Waals surface area contributed by atoms with Crippen LogP contribution in [0.5, 0.6) is 0 Å². The van der Waals surface area contributed by atoms with Crippen molar-refractivity contribution in [3.8, 4) is 0 Å². The fourth-order valence-electron chi connectivity index (χ4n) is 3.08.